The number of alkyl halides is 3. The van der Waals surface area contributed by atoms with E-state index in [1.54, 1.807) is 0 Å². The summed E-state index contributed by atoms with van der Waals surface area (Å²) in [4.78, 5) is 0. The van der Waals surface area contributed by atoms with E-state index in [0.29, 0.717) is 0 Å². The third kappa shape index (κ3) is 3.13. The second kappa shape index (κ2) is 5.97. The first-order valence-electron chi connectivity index (χ1n) is 5.84. The molecule has 2 rings (SSSR count). The molecule has 3 nitrogen and oxygen atoms in total. The van der Waals surface area contributed by atoms with Gasteiger partial charge in [-0.05, 0) is 30.3 Å². The number of benzene rings is 2. The molecule has 0 N–H and O–H groups in total. The highest BCUT2D eigenvalue weighted by Gasteiger charge is 2.31. The summed E-state index contributed by atoms with van der Waals surface area (Å²) >= 11 is 5.83. The Morgan fingerprint density at radius 2 is 1.59 bits per heavy atom. The molecule has 2 aromatic carbocycles. The van der Waals surface area contributed by atoms with Gasteiger partial charge in [0, 0.05) is 0 Å². The first-order valence-corrected chi connectivity index (χ1v) is 6.22. The Morgan fingerprint density at radius 3 is 2.09 bits per heavy atom. The van der Waals surface area contributed by atoms with E-state index in [4.69, 9.17) is 26.9 Å². The molecule has 0 amide bonds. The minimum Gasteiger partial charge on any atom is -0.453 e. The zero-order valence-electron chi connectivity index (χ0n) is 10.8. The van der Waals surface area contributed by atoms with E-state index in [2.05, 4.69) is 0 Å². The largest absolute Gasteiger partial charge is 0.453 e. The molecular weight excluding hydrogens is 317 g/mol. The lowest BCUT2D eigenvalue weighted by Gasteiger charge is -2.13. The molecule has 0 heterocycles. The van der Waals surface area contributed by atoms with E-state index < -0.39 is 11.7 Å². The van der Waals surface area contributed by atoms with Gasteiger partial charge in [-0.15, -0.1) is 0 Å². The van der Waals surface area contributed by atoms with Crippen molar-refractivity contribution in [2.75, 3.05) is 0 Å². The molecule has 0 aliphatic rings. The third-order valence-corrected chi connectivity index (χ3v) is 3.04. The molecule has 0 radical (unpaired) electrons. The van der Waals surface area contributed by atoms with Crippen molar-refractivity contribution >= 4 is 11.6 Å². The minimum absolute atomic E-state index is 0.0209. The number of ether oxygens (including phenoxy) is 1. The van der Waals surface area contributed by atoms with E-state index >= 15 is 0 Å². The van der Waals surface area contributed by atoms with Gasteiger partial charge in [-0.25, -0.2) is 0 Å². The summed E-state index contributed by atoms with van der Waals surface area (Å²) in [6.45, 7) is 0. The molecular formula is C15H6ClF3N2O. The Bertz CT molecular complexity index is 772. The van der Waals surface area contributed by atoms with Gasteiger partial charge in [-0.1, -0.05) is 17.7 Å². The highest BCUT2D eigenvalue weighted by molar-refractivity contribution is 6.32. The highest BCUT2D eigenvalue weighted by Crippen LogP contribution is 2.38. The molecule has 0 unspecified atom stereocenters. The number of para-hydroxylation sites is 1. The van der Waals surface area contributed by atoms with Crippen LogP contribution in [0.1, 0.15) is 16.7 Å². The lowest BCUT2D eigenvalue weighted by Crippen LogP contribution is -2.05. The second-order valence-corrected chi connectivity index (χ2v) is 4.56. The van der Waals surface area contributed by atoms with Gasteiger partial charge in [0.15, 0.2) is 5.75 Å². The molecule has 0 spiro atoms. The second-order valence-electron chi connectivity index (χ2n) is 4.15. The van der Waals surface area contributed by atoms with Crippen LogP contribution >= 0.6 is 11.6 Å². The van der Waals surface area contributed by atoms with Gasteiger partial charge in [-0.2, -0.15) is 23.7 Å². The third-order valence-electron chi connectivity index (χ3n) is 2.73. The standard InChI is InChI=1S/C15H6ClF3N2O/c16-12-5-4-11(15(17,18)19)6-13(12)22-14-9(7-20)2-1-3-10(14)8-21/h1-6H. The maximum absolute atomic E-state index is 12.7. The van der Waals surface area contributed by atoms with Crippen molar-refractivity contribution in [1.82, 2.24) is 0 Å². The molecule has 110 valence electrons. The Labute approximate surface area is 128 Å². The average Bonchev–Trinajstić information content (AvgIpc) is 2.48. The van der Waals surface area contributed by atoms with Crippen LogP contribution < -0.4 is 4.74 Å². The molecule has 0 fully saturated rings. The van der Waals surface area contributed by atoms with E-state index in [1.807, 2.05) is 12.1 Å². The first-order chi connectivity index (χ1) is 10.4. The lowest BCUT2D eigenvalue weighted by atomic mass is 10.1. The molecule has 0 bridgehead atoms. The molecule has 0 aliphatic carbocycles. The summed E-state index contributed by atoms with van der Waals surface area (Å²) in [5, 5.41) is 18.0. The van der Waals surface area contributed by atoms with Gasteiger partial charge in [0.25, 0.3) is 0 Å². The van der Waals surface area contributed by atoms with Crippen molar-refractivity contribution in [3.05, 3.63) is 58.1 Å². The number of halogens is 4. The molecule has 2 aromatic rings. The predicted octanol–water partition coefficient (Wildman–Crippen LogP) is 4.89. The van der Waals surface area contributed by atoms with Gasteiger partial charge >= 0.3 is 6.18 Å². The number of rotatable bonds is 2. The summed E-state index contributed by atoms with van der Waals surface area (Å²) in [7, 11) is 0. The fourth-order valence-corrected chi connectivity index (χ4v) is 1.85. The predicted molar refractivity (Wildman–Crippen MR) is 72.4 cm³/mol. The van der Waals surface area contributed by atoms with Crippen molar-refractivity contribution in [2.45, 2.75) is 6.18 Å². The number of hydrogen-bond donors (Lipinski definition) is 0. The Kier molecular flexibility index (Phi) is 4.25. The molecule has 0 aliphatic heterocycles. The summed E-state index contributed by atoms with van der Waals surface area (Å²) in [6.07, 6.45) is -4.56. The number of hydrogen-bond acceptors (Lipinski definition) is 3. The van der Waals surface area contributed by atoms with E-state index in [0.717, 1.165) is 18.2 Å². The molecule has 0 atom stereocenters. The number of nitrogens with zero attached hydrogens (tertiary/aromatic N) is 2. The summed E-state index contributed by atoms with van der Waals surface area (Å²) in [5.74, 6) is -0.413. The zero-order valence-corrected chi connectivity index (χ0v) is 11.5. The highest BCUT2D eigenvalue weighted by atomic mass is 35.5. The van der Waals surface area contributed by atoms with Gasteiger partial charge in [0.2, 0.25) is 0 Å². The van der Waals surface area contributed by atoms with Crippen LogP contribution in [0.2, 0.25) is 5.02 Å². The summed E-state index contributed by atoms with van der Waals surface area (Å²) in [6, 6.07) is 10.4. The Hall–Kier alpha value is -2.70. The lowest BCUT2D eigenvalue weighted by molar-refractivity contribution is -0.137. The molecule has 22 heavy (non-hydrogen) atoms. The van der Waals surface area contributed by atoms with Gasteiger partial charge in [0.05, 0.1) is 21.7 Å². The molecule has 0 aromatic heterocycles. The van der Waals surface area contributed by atoms with Crippen molar-refractivity contribution in [1.29, 1.82) is 10.5 Å². The van der Waals surface area contributed by atoms with Crippen molar-refractivity contribution < 1.29 is 17.9 Å². The maximum atomic E-state index is 12.7. The van der Waals surface area contributed by atoms with Crippen LogP contribution in [0, 0.1) is 22.7 Å². The normalized spacial score (nSPS) is 10.6. The van der Waals surface area contributed by atoms with Crippen molar-refractivity contribution in [3.63, 3.8) is 0 Å². The van der Waals surface area contributed by atoms with Crippen LogP contribution in [0.4, 0.5) is 13.2 Å². The Morgan fingerprint density at radius 1 is 1.00 bits per heavy atom. The number of nitriles is 2. The quantitative estimate of drug-likeness (QED) is 0.790. The molecule has 7 heteroatoms. The SMILES string of the molecule is N#Cc1cccc(C#N)c1Oc1cc(C(F)(F)F)ccc1Cl. The van der Waals surface area contributed by atoms with Gasteiger partial charge in [0.1, 0.15) is 17.9 Å². The van der Waals surface area contributed by atoms with E-state index in [-0.39, 0.29) is 27.6 Å². The van der Waals surface area contributed by atoms with Crippen LogP contribution in [0.25, 0.3) is 0 Å². The van der Waals surface area contributed by atoms with Crippen molar-refractivity contribution in [2.24, 2.45) is 0 Å². The van der Waals surface area contributed by atoms with Gasteiger partial charge < -0.3 is 4.74 Å². The van der Waals surface area contributed by atoms with E-state index in [9.17, 15) is 13.2 Å². The minimum atomic E-state index is -4.56. The van der Waals surface area contributed by atoms with Crippen LogP contribution in [0.3, 0.4) is 0 Å². The topological polar surface area (TPSA) is 56.8 Å². The summed E-state index contributed by atoms with van der Waals surface area (Å²) in [5.41, 5.74) is -0.903. The van der Waals surface area contributed by atoms with Gasteiger partial charge in [-0.3, -0.25) is 0 Å². The molecule has 0 saturated heterocycles. The fourth-order valence-electron chi connectivity index (χ4n) is 1.69. The smallest absolute Gasteiger partial charge is 0.416 e. The Balaban J connectivity index is 2.53. The fraction of sp³-hybridized carbons (Fsp3) is 0.0667. The van der Waals surface area contributed by atoms with Crippen LogP contribution in [0.15, 0.2) is 36.4 Å². The first kappa shape index (κ1) is 15.7. The molecule has 0 saturated carbocycles. The van der Waals surface area contributed by atoms with Crippen LogP contribution in [-0.4, -0.2) is 0 Å². The zero-order chi connectivity index (χ0) is 16.3. The van der Waals surface area contributed by atoms with Crippen molar-refractivity contribution in [3.8, 4) is 23.6 Å². The maximum Gasteiger partial charge on any atom is 0.416 e. The average molecular weight is 323 g/mol. The monoisotopic (exact) mass is 322 g/mol. The summed E-state index contributed by atoms with van der Waals surface area (Å²) < 4.78 is 43.5. The van der Waals surface area contributed by atoms with Crippen LogP contribution in [0.5, 0.6) is 11.5 Å². The van der Waals surface area contributed by atoms with Crippen LogP contribution in [-0.2, 0) is 6.18 Å². The van der Waals surface area contributed by atoms with E-state index in [1.165, 1.54) is 18.2 Å².